The van der Waals surface area contributed by atoms with Crippen LogP contribution in [0.4, 0.5) is 0 Å². The molecule has 2 heterocycles. The summed E-state index contributed by atoms with van der Waals surface area (Å²) in [5.41, 5.74) is -4.90. The summed E-state index contributed by atoms with van der Waals surface area (Å²) in [5, 5.41) is 33.0. The number of hydrogen-bond donors (Lipinski definition) is 3. The molecule has 4 saturated carbocycles. The fourth-order valence-electron chi connectivity index (χ4n) is 10.0. The number of Topliss-reactive ketones (excluding diaryl/α,β-unsaturated/α-hetero) is 3. The highest BCUT2D eigenvalue weighted by atomic mass is 16.5. The number of ketones is 3. The number of aliphatic carboxylic acids is 1. The van der Waals surface area contributed by atoms with Crippen LogP contribution in [0.5, 0.6) is 0 Å². The lowest BCUT2D eigenvalue weighted by Crippen LogP contribution is -2.72. The third kappa shape index (κ3) is 1.85. The van der Waals surface area contributed by atoms with E-state index in [0.717, 1.165) is 0 Å². The minimum atomic E-state index is -1.55. The summed E-state index contributed by atoms with van der Waals surface area (Å²) in [7, 11) is 1.36. The number of carboxylic acids is 1. The predicted octanol–water partition coefficient (Wildman–Crippen LogP) is 1.10. The maximum absolute atomic E-state index is 14.4. The molecule has 9 nitrogen and oxygen atoms in total. The number of aliphatic hydroxyl groups is 2. The molecule has 6 fully saturated rings. The molecule has 192 valence electrons. The first kappa shape index (κ1) is 22.8. The maximum Gasteiger partial charge on any atom is 0.306 e. The van der Waals surface area contributed by atoms with E-state index >= 15 is 0 Å². The van der Waals surface area contributed by atoms with Crippen molar-refractivity contribution in [1.82, 2.24) is 0 Å². The second-order valence-electron chi connectivity index (χ2n) is 12.7. The minimum absolute atomic E-state index is 0.0306. The van der Waals surface area contributed by atoms with Crippen molar-refractivity contribution in [3.63, 3.8) is 0 Å². The maximum atomic E-state index is 14.4. The number of hydrogen-bond acceptors (Lipinski definition) is 8. The van der Waals surface area contributed by atoms with Gasteiger partial charge in [-0.2, -0.15) is 0 Å². The molecule has 0 aromatic heterocycles. The number of methoxy groups -OCH3 is 1. The molecule has 9 atom stereocenters. The molecule has 2 aliphatic heterocycles. The average Bonchev–Trinajstić information content (AvgIpc) is 3.37. The zero-order valence-electron chi connectivity index (χ0n) is 20.7. The normalized spacial score (nSPS) is 51.5. The number of carbonyl (C=O) groups is 4. The van der Waals surface area contributed by atoms with Crippen molar-refractivity contribution in [2.45, 2.75) is 76.8 Å². The molecule has 8 aliphatic rings. The van der Waals surface area contributed by atoms with E-state index in [1.54, 1.807) is 13.8 Å². The first-order valence-corrected chi connectivity index (χ1v) is 12.7. The van der Waals surface area contributed by atoms with E-state index in [2.05, 4.69) is 0 Å². The second kappa shape index (κ2) is 6.03. The third-order valence-corrected chi connectivity index (χ3v) is 11.4. The SMILES string of the molecule is COC1=C2C(C)(C)[C@@H]3O[C@@]2(CC3=O)C(O)C2=C(C1=O)C13C(=O)[C@@]([C@@H]4C[C@H]4C(=O)O)(C[C@H]1O)C3(C)CC2. The van der Waals surface area contributed by atoms with Gasteiger partial charge in [-0.3, -0.25) is 19.2 Å². The largest absolute Gasteiger partial charge is 0.493 e. The Balaban J connectivity index is 1.46. The summed E-state index contributed by atoms with van der Waals surface area (Å²) in [6.07, 6.45) is -2.27. The zero-order valence-corrected chi connectivity index (χ0v) is 20.7. The number of fused-ring (bicyclic) bond motifs is 2. The van der Waals surface area contributed by atoms with Crippen LogP contribution < -0.4 is 0 Å². The highest BCUT2D eigenvalue weighted by molar-refractivity contribution is 6.19. The van der Waals surface area contributed by atoms with Crippen LogP contribution in [0.25, 0.3) is 0 Å². The Morgan fingerprint density at radius 3 is 2.44 bits per heavy atom. The highest BCUT2D eigenvalue weighted by Gasteiger charge is 2.92. The van der Waals surface area contributed by atoms with Gasteiger partial charge in [0.05, 0.1) is 24.5 Å². The van der Waals surface area contributed by atoms with E-state index in [1.807, 2.05) is 6.92 Å². The van der Waals surface area contributed by atoms with Gasteiger partial charge in [-0.1, -0.05) is 20.8 Å². The smallest absolute Gasteiger partial charge is 0.306 e. The fraction of sp³-hybridized carbons (Fsp3) is 0.704. The van der Waals surface area contributed by atoms with E-state index in [-0.39, 0.29) is 48.1 Å². The lowest BCUT2D eigenvalue weighted by atomic mass is 9.34. The van der Waals surface area contributed by atoms with Crippen molar-refractivity contribution in [3.05, 3.63) is 22.5 Å². The van der Waals surface area contributed by atoms with Crippen molar-refractivity contribution in [2.24, 2.45) is 33.5 Å². The Bertz CT molecular complexity index is 1290. The summed E-state index contributed by atoms with van der Waals surface area (Å²) in [6, 6.07) is 0. The number of aliphatic hydroxyl groups excluding tert-OH is 2. The van der Waals surface area contributed by atoms with Crippen LogP contribution >= 0.6 is 0 Å². The van der Waals surface area contributed by atoms with Gasteiger partial charge in [-0.15, -0.1) is 0 Å². The van der Waals surface area contributed by atoms with E-state index in [4.69, 9.17) is 9.47 Å². The monoisotopic (exact) mass is 498 g/mol. The van der Waals surface area contributed by atoms with Crippen LogP contribution in [-0.2, 0) is 28.7 Å². The number of rotatable bonds is 3. The number of carbonyl (C=O) groups excluding carboxylic acids is 3. The Labute approximate surface area is 207 Å². The molecule has 2 saturated heterocycles. The van der Waals surface area contributed by atoms with E-state index in [0.29, 0.717) is 24.0 Å². The van der Waals surface area contributed by atoms with Gasteiger partial charge in [0.25, 0.3) is 0 Å². The van der Waals surface area contributed by atoms with E-state index in [1.165, 1.54) is 7.11 Å². The minimum Gasteiger partial charge on any atom is -0.493 e. The molecular weight excluding hydrogens is 468 g/mol. The number of ether oxygens (including phenoxy) is 2. The van der Waals surface area contributed by atoms with Crippen LogP contribution in [0.2, 0.25) is 0 Å². The second-order valence-corrected chi connectivity index (χ2v) is 12.7. The van der Waals surface area contributed by atoms with Crippen molar-refractivity contribution in [1.29, 1.82) is 0 Å². The Hall–Kier alpha value is -2.36. The number of allylic oxidation sites excluding steroid dienone is 1. The van der Waals surface area contributed by atoms with Gasteiger partial charge in [-0.05, 0) is 37.2 Å². The van der Waals surface area contributed by atoms with Crippen LogP contribution in [0, 0.1) is 33.5 Å². The molecule has 9 heteroatoms. The van der Waals surface area contributed by atoms with Crippen molar-refractivity contribution >= 4 is 23.3 Å². The molecular formula is C27H30O9. The van der Waals surface area contributed by atoms with Gasteiger partial charge in [0, 0.05) is 33.8 Å². The Kier molecular flexibility index (Phi) is 3.82. The summed E-state index contributed by atoms with van der Waals surface area (Å²) >= 11 is 0. The van der Waals surface area contributed by atoms with Crippen LogP contribution in [-0.4, -0.2) is 69.7 Å². The van der Waals surface area contributed by atoms with Crippen molar-refractivity contribution in [2.75, 3.05) is 7.11 Å². The highest BCUT2D eigenvalue weighted by Crippen LogP contribution is 2.86. The molecule has 8 rings (SSSR count). The average molecular weight is 499 g/mol. The van der Waals surface area contributed by atoms with Gasteiger partial charge in [0.1, 0.15) is 17.8 Å². The summed E-state index contributed by atoms with van der Waals surface area (Å²) in [4.78, 5) is 53.2. The standard InChI is InChI=1S/C27H30O9/c1-23(2)18-17(35-4)16(30)15-10(19(31)26(18)8-13(28)20(23)36-26)5-6-24(3)25(12-7-11(12)21(32)33)9-14(29)27(15,24)22(25)34/h11-12,14,19-20,29,31H,5-9H2,1-4H3,(H,32,33)/t11-,12-,14-,19?,20-,24?,25+,26-,27?/m1/s1. The van der Waals surface area contributed by atoms with E-state index in [9.17, 15) is 34.5 Å². The quantitative estimate of drug-likeness (QED) is 0.520. The molecule has 0 aromatic rings. The van der Waals surface area contributed by atoms with E-state index < -0.39 is 63.2 Å². The third-order valence-electron chi connectivity index (χ3n) is 11.4. The molecule has 3 N–H and O–H groups in total. The van der Waals surface area contributed by atoms with Gasteiger partial charge in [0.2, 0.25) is 5.78 Å². The predicted molar refractivity (Wildman–Crippen MR) is 120 cm³/mol. The molecule has 2 spiro atoms. The lowest BCUT2D eigenvalue weighted by Gasteiger charge is -2.65. The van der Waals surface area contributed by atoms with Crippen molar-refractivity contribution in [3.8, 4) is 0 Å². The molecule has 4 bridgehead atoms. The van der Waals surface area contributed by atoms with Crippen LogP contribution in [0.15, 0.2) is 22.5 Å². The van der Waals surface area contributed by atoms with Gasteiger partial charge >= 0.3 is 5.97 Å². The Morgan fingerprint density at radius 1 is 1.14 bits per heavy atom. The zero-order chi connectivity index (χ0) is 26.0. The molecule has 6 aliphatic carbocycles. The first-order chi connectivity index (χ1) is 16.8. The molecule has 0 amide bonds. The summed E-state index contributed by atoms with van der Waals surface area (Å²) in [5.74, 6) is -2.98. The fourth-order valence-corrected chi connectivity index (χ4v) is 10.0. The topological polar surface area (TPSA) is 147 Å². The molecule has 0 radical (unpaired) electrons. The van der Waals surface area contributed by atoms with Gasteiger partial charge < -0.3 is 24.8 Å². The molecule has 36 heavy (non-hydrogen) atoms. The molecule has 0 aromatic carbocycles. The van der Waals surface area contributed by atoms with Gasteiger partial charge in [0.15, 0.2) is 17.3 Å². The lowest BCUT2D eigenvalue weighted by molar-refractivity contribution is -0.190. The van der Waals surface area contributed by atoms with Crippen LogP contribution in [0.1, 0.15) is 52.9 Å². The molecule has 3 unspecified atom stereocenters. The summed E-state index contributed by atoms with van der Waals surface area (Å²) < 4.78 is 11.9. The number of carboxylic acid groups (broad SMARTS) is 1. The van der Waals surface area contributed by atoms with Gasteiger partial charge in [-0.25, -0.2) is 0 Å². The summed E-state index contributed by atoms with van der Waals surface area (Å²) in [6.45, 7) is 5.48. The first-order valence-electron chi connectivity index (χ1n) is 12.7. The van der Waals surface area contributed by atoms with Crippen molar-refractivity contribution < 1.29 is 44.0 Å². The Morgan fingerprint density at radius 2 is 1.83 bits per heavy atom. The van der Waals surface area contributed by atoms with Crippen LogP contribution in [0.3, 0.4) is 0 Å².